The summed E-state index contributed by atoms with van der Waals surface area (Å²) >= 11 is 6.08. The summed E-state index contributed by atoms with van der Waals surface area (Å²) in [6.45, 7) is 8.89. The topological polar surface area (TPSA) is 88.7 Å². The molecule has 2 unspecified atom stereocenters. The van der Waals surface area contributed by atoms with Crippen molar-refractivity contribution in [1.29, 1.82) is 0 Å². The lowest BCUT2D eigenvalue weighted by Crippen LogP contribution is -2.55. The van der Waals surface area contributed by atoms with E-state index in [1.165, 1.54) is 6.20 Å². The molecule has 2 atom stereocenters. The molecule has 0 aliphatic carbocycles. The second-order valence-corrected chi connectivity index (χ2v) is 6.14. The second-order valence-electron chi connectivity index (χ2n) is 5.78. The molecule has 114 valence electrons. The summed E-state index contributed by atoms with van der Waals surface area (Å²) in [5, 5.41) is 6.65. The van der Waals surface area contributed by atoms with E-state index in [-0.39, 0.29) is 17.3 Å². The van der Waals surface area contributed by atoms with Crippen LogP contribution in [0.5, 0.6) is 0 Å². The van der Waals surface area contributed by atoms with Gasteiger partial charge in [-0.2, -0.15) is 4.99 Å². The molecular weight excluding hydrogens is 280 g/mol. The maximum atomic E-state index is 11.6. The fourth-order valence-electron chi connectivity index (χ4n) is 1.86. The summed E-state index contributed by atoms with van der Waals surface area (Å²) in [6, 6.07) is 0.206. The van der Waals surface area contributed by atoms with E-state index in [0.717, 1.165) is 6.54 Å². The predicted molar refractivity (Wildman–Crippen MR) is 81.0 cm³/mol. The molecule has 4 N–H and O–H groups in total. The van der Waals surface area contributed by atoms with E-state index in [2.05, 4.69) is 15.6 Å². The van der Waals surface area contributed by atoms with Gasteiger partial charge in [0.15, 0.2) is 0 Å². The van der Waals surface area contributed by atoms with Crippen LogP contribution in [0.3, 0.4) is 0 Å². The van der Waals surface area contributed by atoms with Crippen LogP contribution in [0.2, 0.25) is 0 Å². The monoisotopic (exact) mass is 302 g/mol. The molecule has 0 bridgehead atoms. The molecule has 1 amide bonds. The van der Waals surface area contributed by atoms with Gasteiger partial charge in [-0.05, 0) is 27.7 Å². The molecule has 0 aromatic heterocycles. The highest BCUT2D eigenvalue weighted by Crippen LogP contribution is 2.13. The van der Waals surface area contributed by atoms with Gasteiger partial charge in [0.25, 0.3) is 0 Å². The first-order chi connectivity index (χ1) is 9.23. The van der Waals surface area contributed by atoms with Crippen LogP contribution >= 0.6 is 11.6 Å². The highest BCUT2D eigenvalue weighted by Gasteiger charge is 2.24. The zero-order valence-corrected chi connectivity index (χ0v) is 13.1. The number of halogens is 1. The van der Waals surface area contributed by atoms with Gasteiger partial charge < -0.3 is 21.1 Å². The number of rotatable bonds is 2. The van der Waals surface area contributed by atoms with Gasteiger partial charge in [-0.15, -0.1) is 0 Å². The third-order valence-electron chi connectivity index (χ3n) is 2.66. The summed E-state index contributed by atoms with van der Waals surface area (Å²) in [7, 11) is 0. The number of hydrogen-bond donors (Lipinski definition) is 3. The van der Waals surface area contributed by atoms with Crippen molar-refractivity contribution in [1.82, 2.24) is 10.6 Å². The number of nitrogens with two attached hydrogens (primary N) is 1. The first-order valence-corrected chi connectivity index (χ1v) is 6.97. The Bertz CT molecular complexity index is 415. The number of nitrogens with one attached hydrogen (secondary N) is 2. The molecule has 6 nitrogen and oxygen atoms in total. The minimum absolute atomic E-state index is 0.0511. The smallest absolute Gasteiger partial charge is 0.435 e. The van der Waals surface area contributed by atoms with Gasteiger partial charge in [0.05, 0.1) is 0 Å². The Hall–Kier alpha value is -1.11. The van der Waals surface area contributed by atoms with Crippen molar-refractivity contribution in [2.24, 2.45) is 10.7 Å². The Morgan fingerprint density at radius 3 is 2.60 bits per heavy atom. The lowest BCUT2D eigenvalue weighted by atomic mass is 10.1. The molecule has 0 aromatic rings. The van der Waals surface area contributed by atoms with E-state index in [4.69, 9.17) is 22.1 Å². The summed E-state index contributed by atoms with van der Waals surface area (Å²) in [5.74, 6) is 0. The van der Waals surface area contributed by atoms with Crippen LogP contribution in [-0.2, 0) is 4.74 Å². The van der Waals surface area contributed by atoms with Crippen molar-refractivity contribution in [3.8, 4) is 0 Å². The van der Waals surface area contributed by atoms with Crippen LogP contribution in [-0.4, -0.2) is 42.0 Å². The number of amides is 1. The SMILES string of the molecule is CC1CNCC(C(=C/N)/C(Cl)=N/C(=O)OC(C)(C)C)N1. The fraction of sp³-hybridized carbons (Fsp3) is 0.692. The fourth-order valence-corrected chi connectivity index (χ4v) is 2.13. The number of carbonyl (C=O) groups is 1. The number of aliphatic imine (C=N–C) groups is 1. The Balaban J connectivity index is 2.76. The zero-order valence-electron chi connectivity index (χ0n) is 12.4. The Kier molecular flexibility index (Phi) is 5.98. The first kappa shape index (κ1) is 16.9. The van der Waals surface area contributed by atoms with Crippen LogP contribution < -0.4 is 16.4 Å². The maximum Gasteiger partial charge on any atom is 0.435 e. The van der Waals surface area contributed by atoms with Crippen LogP contribution in [0.15, 0.2) is 16.8 Å². The molecule has 0 saturated carbocycles. The molecule has 1 fully saturated rings. The molecule has 0 aromatic carbocycles. The molecule has 1 heterocycles. The van der Waals surface area contributed by atoms with E-state index in [1.54, 1.807) is 20.8 Å². The third kappa shape index (κ3) is 5.48. The van der Waals surface area contributed by atoms with E-state index in [9.17, 15) is 4.79 Å². The van der Waals surface area contributed by atoms with Crippen molar-refractivity contribution in [3.63, 3.8) is 0 Å². The summed E-state index contributed by atoms with van der Waals surface area (Å²) in [5.41, 5.74) is 5.58. The lowest BCUT2D eigenvalue weighted by Gasteiger charge is -2.30. The van der Waals surface area contributed by atoms with Crippen molar-refractivity contribution >= 4 is 22.9 Å². The number of ether oxygens (including phenoxy) is 1. The van der Waals surface area contributed by atoms with Gasteiger partial charge in [-0.1, -0.05) is 11.6 Å². The number of carbonyl (C=O) groups excluding carboxylic acids is 1. The molecule has 7 heteroatoms. The van der Waals surface area contributed by atoms with Crippen molar-refractivity contribution in [2.45, 2.75) is 45.4 Å². The average molecular weight is 303 g/mol. The van der Waals surface area contributed by atoms with E-state index in [1.807, 2.05) is 6.92 Å². The quantitative estimate of drug-likeness (QED) is 0.670. The van der Waals surface area contributed by atoms with Crippen LogP contribution in [0.4, 0.5) is 4.79 Å². The molecule has 0 spiro atoms. The van der Waals surface area contributed by atoms with E-state index >= 15 is 0 Å². The molecule has 1 aliphatic rings. The van der Waals surface area contributed by atoms with Gasteiger partial charge in [0.2, 0.25) is 0 Å². The van der Waals surface area contributed by atoms with Crippen molar-refractivity contribution in [3.05, 3.63) is 11.8 Å². The molecule has 1 aliphatic heterocycles. The average Bonchev–Trinajstić information content (AvgIpc) is 2.26. The maximum absolute atomic E-state index is 11.6. The summed E-state index contributed by atoms with van der Waals surface area (Å²) in [6.07, 6.45) is 0.645. The second kappa shape index (κ2) is 7.06. The van der Waals surface area contributed by atoms with E-state index in [0.29, 0.717) is 12.1 Å². The minimum Gasteiger partial charge on any atom is -0.442 e. The normalized spacial score (nSPS) is 25.4. The molecule has 20 heavy (non-hydrogen) atoms. The molecule has 0 radical (unpaired) electrons. The lowest BCUT2D eigenvalue weighted by molar-refractivity contribution is 0.0605. The van der Waals surface area contributed by atoms with Crippen LogP contribution in [0, 0.1) is 0 Å². The van der Waals surface area contributed by atoms with Gasteiger partial charge >= 0.3 is 6.09 Å². The molecular formula is C13H23ClN4O2. The van der Waals surface area contributed by atoms with Gasteiger partial charge in [-0.25, -0.2) is 4.79 Å². The third-order valence-corrected chi connectivity index (χ3v) is 2.96. The first-order valence-electron chi connectivity index (χ1n) is 6.59. The van der Waals surface area contributed by atoms with Gasteiger partial charge in [0, 0.05) is 36.9 Å². The van der Waals surface area contributed by atoms with Gasteiger partial charge in [-0.3, -0.25) is 0 Å². The van der Waals surface area contributed by atoms with E-state index < -0.39 is 11.7 Å². The number of piperazine rings is 1. The number of nitrogens with zero attached hydrogens (tertiary/aromatic N) is 1. The minimum atomic E-state index is -0.723. The van der Waals surface area contributed by atoms with Crippen LogP contribution in [0.25, 0.3) is 0 Å². The van der Waals surface area contributed by atoms with Gasteiger partial charge in [0.1, 0.15) is 10.8 Å². The Morgan fingerprint density at radius 2 is 2.10 bits per heavy atom. The Morgan fingerprint density at radius 1 is 1.45 bits per heavy atom. The summed E-state index contributed by atoms with van der Waals surface area (Å²) in [4.78, 5) is 15.4. The Labute approximate surface area is 124 Å². The largest absolute Gasteiger partial charge is 0.442 e. The zero-order chi connectivity index (χ0) is 15.3. The standard InChI is InChI=1S/C13H23ClN4O2/c1-8-6-16-7-10(17-8)9(5-15)11(14)18-12(19)20-13(2,3)4/h5,8,10,16-17H,6-7,15H2,1-4H3/b9-5-,18-11-. The summed E-state index contributed by atoms with van der Waals surface area (Å²) < 4.78 is 5.10. The highest BCUT2D eigenvalue weighted by atomic mass is 35.5. The highest BCUT2D eigenvalue weighted by molar-refractivity contribution is 6.70. The van der Waals surface area contributed by atoms with Crippen molar-refractivity contribution < 1.29 is 9.53 Å². The van der Waals surface area contributed by atoms with Crippen molar-refractivity contribution in [2.75, 3.05) is 13.1 Å². The molecule has 1 saturated heterocycles. The molecule has 1 rings (SSSR count). The predicted octanol–water partition coefficient (Wildman–Crippen LogP) is 1.35. The number of hydrogen-bond acceptors (Lipinski definition) is 5. The van der Waals surface area contributed by atoms with Crippen LogP contribution in [0.1, 0.15) is 27.7 Å².